The molecule has 0 aromatic heterocycles. The first-order valence-electron chi connectivity index (χ1n) is 3.75. The van der Waals surface area contributed by atoms with Crippen molar-refractivity contribution in [3.8, 4) is 5.75 Å². The Bertz CT molecular complexity index is 390. The SMILES string of the molecule is COc1c(Br)cc(C)c(F)c1C(=O)O. The number of hydrogen-bond donors (Lipinski definition) is 1. The molecular formula is C9H8BrFO3. The van der Waals surface area contributed by atoms with Crippen LogP contribution in [0.25, 0.3) is 0 Å². The van der Waals surface area contributed by atoms with E-state index in [1.807, 2.05) is 0 Å². The van der Waals surface area contributed by atoms with Gasteiger partial charge >= 0.3 is 5.97 Å². The molecule has 1 N–H and O–H groups in total. The highest BCUT2D eigenvalue weighted by Gasteiger charge is 2.21. The maximum absolute atomic E-state index is 13.4. The van der Waals surface area contributed by atoms with E-state index in [1.54, 1.807) is 0 Å². The zero-order valence-electron chi connectivity index (χ0n) is 7.60. The van der Waals surface area contributed by atoms with Gasteiger partial charge in [0.25, 0.3) is 0 Å². The summed E-state index contributed by atoms with van der Waals surface area (Å²) in [7, 11) is 1.29. The van der Waals surface area contributed by atoms with Gasteiger partial charge in [0.15, 0.2) is 5.75 Å². The molecule has 0 saturated heterocycles. The van der Waals surface area contributed by atoms with Crippen molar-refractivity contribution < 1.29 is 19.0 Å². The van der Waals surface area contributed by atoms with E-state index in [9.17, 15) is 9.18 Å². The molecule has 5 heteroatoms. The van der Waals surface area contributed by atoms with Gasteiger partial charge in [-0.15, -0.1) is 0 Å². The van der Waals surface area contributed by atoms with Crippen molar-refractivity contribution in [3.05, 3.63) is 27.5 Å². The number of ether oxygens (including phenoxy) is 1. The molecule has 0 aliphatic heterocycles. The second-order valence-electron chi connectivity index (χ2n) is 2.70. The Balaban J connectivity index is 3.56. The molecule has 0 radical (unpaired) electrons. The molecule has 0 spiro atoms. The number of aryl methyl sites for hydroxylation is 1. The molecular weight excluding hydrogens is 255 g/mol. The fourth-order valence-corrected chi connectivity index (χ4v) is 1.83. The van der Waals surface area contributed by atoms with E-state index >= 15 is 0 Å². The monoisotopic (exact) mass is 262 g/mol. The standard InChI is InChI=1S/C9H8BrFO3/c1-4-3-5(10)8(14-2)6(7(4)11)9(12)13/h3H,1-2H3,(H,12,13). The number of halogens is 2. The number of carboxylic acid groups (broad SMARTS) is 1. The van der Waals surface area contributed by atoms with Crippen molar-refractivity contribution in [2.45, 2.75) is 6.92 Å². The smallest absolute Gasteiger partial charge is 0.342 e. The highest BCUT2D eigenvalue weighted by molar-refractivity contribution is 9.10. The van der Waals surface area contributed by atoms with E-state index in [0.717, 1.165) is 0 Å². The van der Waals surface area contributed by atoms with Crippen molar-refractivity contribution in [2.24, 2.45) is 0 Å². The van der Waals surface area contributed by atoms with E-state index in [-0.39, 0.29) is 11.3 Å². The molecule has 1 aromatic carbocycles. The van der Waals surface area contributed by atoms with Crippen LogP contribution in [0.4, 0.5) is 4.39 Å². The maximum atomic E-state index is 13.4. The van der Waals surface area contributed by atoms with Gasteiger partial charge in [-0.25, -0.2) is 9.18 Å². The van der Waals surface area contributed by atoms with Crippen LogP contribution < -0.4 is 4.74 Å². The lowest BCUT2D eigenvalue weighted by Gasteiger charge is -2.09. The van der Waals surface area contributed by atoms with Crippen molar-refractivity contribution in [1.82, 2.24) is 0 Å². The van der Waals surface area contributed by atoms with Crippen LogP contribution in [0.1, 0.15) is 15.9 Å². The average Bonchev–Trinajstić information content (AvgIpc) is 2.10. The van der Waals surface area contributed by atoms with Crippen LogP contribution in [0.15, 0.2) is 10.5 Å². The molecule has 1 rings (SSSR count). The Labute approximate surface area is 88.6 Å². The third-order valence-corrected chi connectivity index (χ3v) is 2.36. The Hall–Kier alpha value is -1.10. The van der Waals surface area contributed by atoms with Gasteiger partial charge < -0.3 is 9.84 Å². The molecule has 0 bridgehead atoms. The number of benzene rings is 1. The molecule has 76 valence electrons. The number of rotatable bonds is 2. The van der Waals surface area contributed by atoms with E-state index < -0.39 is 17.3 Å². The van der Waals surface area contributed by atoms with E-state index in [0.29, 0.717) is 4.47 Å². The molecule has 0 heterocycles. The number of carbonyl (C=O) groups is 1. The van der Waals surface area contributed by atoms with Gasteiger partial charge in [0, 0.05) is 0 Å². The molecule has 0 aliphatic carbocycles. The molecule has 14 heavy (non-hydrogen) atoms. The highest BCUT2D eigenvalue weighted by Crippen LogP contribution is 2.32. The summed E-state index contributed by atoms with van der Waals surface area (Å²) < 4.78 is 18.6. The molecule has 3 nitrogen and oxygen atoms in total. The van der Waals surface area contributed by atoms with E-state index in [4.69, 9.17) is 9.84 Å². The normalized spacial score (nSPS) is 10.0. The second-order valence-corrected chi connectivity index (χ2v) is 3.56. The Kier molecular flexibility index (Phi) is 3.10. The third-order valence-electron chi connectivity index (χ3n) is 1.77. The van der Waals surface area contributed by atoms with Gasteiger partial charge in [-0.3, -0.25) is 0 Å². The Morgan fingerprint density at radius 3 is 2.64 bits per heavy atom. The first-order valence-corrected chi connectivity index (χ1v) is 4.54. The minimum atomic E-state index is -1.34. The first kappa shape index (κ1) is 11.0. The second kappa shape index (κ2) is 3.96. The topological polar surface area (TPSA) is 46.5 Å². The molecule has 0 atom stereocenters. The Morgan fingerprint density at radius 1 is 1.64 bits per heavy atom. The van der Waals surface area contributed by atoms with Gasteiger partial charge in [-0.1, -0.05) is 0 Å². The summed E-state index contributed by atoms with van der Waals surface area (Å²) >= 11 is 3.11. The summed E-state index contributed by atoms with van der Waals surface area (Å²) in [5.41, 5.74) is -0.186. The van der Waals surface area contributed by atoms with Crippen LogP contribution in [0.5, 0.6) is 5.75 Å². The average molecular weight is 263 g/mol. The van der Waals surface area contributed by atoms with Crippen LogP contribution in [0.2, 0.25) is 0 Å². The third kappa shape index (κ3) is 1.72. The van der Waals surface area contributed by atoms with Gasteiger partial charge in [-0.05, 0) is 34.5 Å². The van der Waals surface area contributed by atoms with Crippen molar-refractivity contribution in [1.29, 1.82) is 0 Å². The summed E-state index contributed by atoms with van der Waals surface area (Å²) in [6.07, 6.45) is 0. The Morgan fingerprint density at radius 2 is 2.21 bits per heavy atom. The molecule has 0 saturated carbocycles. The predicted octanol–water partition coefficient (Wildman–Crippen LogP) is 2.60. The number of aromatic carboxylic acids is 1. The number of hydrogen-bond acceptors (Lipinski definition) is 2. The number of methoxy groups -OCH3 is 1. The van der Waals surface area contributed by atoms with Crippen LogP contribution >= 0.6 is 15.9 Å². The number of carboxylic acids is 1. The van der Waals surface area contributed by atoms with Crippen molar-refractivity contribution in [3.63, 3.8) is 0 Å². The van der Waals surface area contributed by atoms with Crippen LogP contribution in [-0.2, 0) is 0 Å². The summed E-state index contributed by atoms with van der Waals surface area (Å²) in [4.78, 5) is 10.8. The quantitative estimate of drug-likeness (QED) is 0.892. The van der Waals surface area contributed by atoms with Gasteiger partial charge in [0.1, 0.15) is 11.4 Å². The zero-order valence-corrected chi connectivity index (χ0v) is 9.18. The lowest BCUT2D eigenvalue weighted by molar-refractivity contribution is 0.0687. The van der Waals surface area contributed by atoms with Gasteiger partial charge in [-0.2, -0.15) is 0 Å². The summed E-state index contributed by atoms with van der Waals surface area (Å²) in [5.74, 6) is -2.11. The minimum absolute atomic E-state index is 0.000556. The van der Waals surface area contributed by atoms with Gasteiger partial charge in [0.05, 0.1) is 11.6 Å². The van der Waals surface area contributed by atoms with Crippen molar-refractivity contribution >= 4 is 21.9 Å². The molecule has 0 aliphatic rings. The van der Waals surface area contributed by atoms with Crippen LogP contribution in [-0.4, -0.2) is 18.2 Å². The molecule has 0 fully saturated rings. The molecule has 1 aromatic rings. The largest absolute Gasteiger partial charge is 0.495 e. The van der Waals surface area contributed by atoms with Gasteiger partial charge in [0.2, 0.25) is 0 Å². The zero-order chi connectivity index (χ0) is 10.9. The first-order chi connectivity index (χ1) is 6.49. The summed E-state index contributed by atoms with van der Waals surface area (Å²) in [6, 6.07) is 1.47. The predicted molar refractivity (Wildman–Crippen MR) is 52.3 cm³/mol. The van der Waals surface area contributed by atoms with E-state index in [1.165, 1.54) is 20.1 Å². The van der Waals surface area contributed by atoms with Crippen molar-refractivity contribution in [2.75, 3.05) is 7.11 Å². The fraction of sp³-hybridized carbons (Fsp3) is 0.222. The summed E-state index contributed by atoms with van der Waals surface area (Å²) in [6.45, 7) is 1.49. The fourth-order valence-electron chi connectivity index (χ4n) is 1.13. The minimum Gasteiger partial charge on any atom is -0.495 e. The molecule has 0 amide bonds. The van der Waals surface area contributed by atoms with E-state index in [2.05, 4.69) is 15.9 Å². The lowest BCUT2D eigenvalue weighted by atomic mass is 10.1. The maximum Gasteiger partial charge on any atom is 0.342 e. The van der Waals surface area contributed by atoms with Crippen LogP contribution in [0.3, 0.4) is 0 Å². The highest BCUT2D eigenvalue weighted by atomic mass is 79.9. The van der Waals surface area contributed by atoms with Crippen LogP contribution in [0, 0.1) is 12.7 Å². The summed E-state index contributed by atoms with van der Waals surface area (Å²) in [5, 5.41) is 8.79. The molecule has 0 unspecified atom stereocenters. The lowest BCUT2D eigenvalue weighted by Crippen LogP contribution is -2.06.